The maximum Gasteiger partial charge on any atom is 0.250 e. The molecule has 3 rings (SSSR count). The Morgan fingerprint density at radius 3 is 2.80 bits per heavy atom. The SMILES string of the molecule is CCc1ccc2c(c1)[nH]c1c(C(N)=O)cc(F)c(Br)c12. The molecule has 0 aliphatic rings. The van der Waals surface area contributed by atoms with Crippen molar-refractivity contribution in [2.24, 2.45) is 5.73 Å². The number of fused-ring (bicyclic) bond motifs is 3. The molecule has 3 aromatic rings. The smallest absolute Gasteiger partial charge is 0.250 e. The first-order valence-electron chi connectivity index (χ1n) is 6.25. The number of carbonyl (C=O) groups is 1. The summed E-state index contributed by atoms with van der Waals surface area (Å²) in [5, 5.41) is 1.52. The van der Waals surface area contributed by atoms with E-state index in [4.69, 9.17) is 5.73 Å². The molecule has 0 bridgehead atoms. The second-order valence-electron chi connectivity index (χ2n) is 4.69. The van der Waals surface area contributed by atoms with Crippen LogP contribution in [0.1, 0.15) is 22.8 Å². The van der Waals surface area contributed by atoms with Crippen LogP contribution in [0.3, 0.4) is 0 Å². The lowest BCUT2D eigenvalue weighted by atomic mass is 10.1. The Hall–Kier alpha value is -1.88. The first-order chi connectivity index (χ1) is 9.52. The third kappa shape index (κ3) is 1.81. The van der Waals surface area contributed by atoms with Crippen LogP contribution in [0, 0.1) is 5.82 Å². The maximum atomic E-state index is 14.0. The predicted octanol–water partition coefficient (Wildman–Crippen LogP) is 3.88. The van der Waals surface area contributed by atoms with Crippen LogP contribution in [0.5, 0.6) is 0 Å². The Bertz CT molecular complexity index is 854. The van der Waals surface area contributed by atoms with E-state index in [0.717, 1.165) is 23.4 Å². The van der Waals surface area contributed by atoms with Crippen molar-refractivity contribution in [1.29, 1.82) is 0 Å². The number of H-pyrrole nitrogens is 1. The van der Waals surface area contributed by atoms with Crippen LogP contribution >= 0.6 is 15.9 Å². The van der Waals surface area contributed by atoms with E-state index in [-0.39, 0.29) is 5.56 Å². The number of amides is 1. The number of benzene rings is 2. The molecule has 1 heterocycles. The highest BCUT2D eigenvalue weighted by molar-refractivity contribution is 9.10. The monoisotopic (exact) mass is 334 g/mol. The number of hydrogen-bond acceptors (Lipinski definition) is 1. The van der Waals surface area contributed by atoms with Gasteiger partial charge in [-0.3, -0.25) is 4.79 Å². The zero-order valence-electron chi connectivity index (χ0n) is 10.8. The molecule has 0 aliphatic heterocycles. The first-order valence-corrected chi connectivity index (χ1v) is 7.04. The zero-order chi connectivity index (χ0) is 14.4. The number of halogens is 2. The number of hydrogen-bond donors (Lipinski definition) is 2. The minimum atomic E-state index is -0.649. The average Bonchev–Trinajstić information content (AvgIpc) is 2.80. The summed E-state index contributed by atoms with van der Waals surface area (Å²) in [5.74, 6) is -1.14. The Balaban J connectivity index is 2.51. The van der Waals surface area contributed by atoms with Gasteiger partial charge in [0.05, 0.1) is 15.6 Å². The molecule has 0 unspecified atom stereocenters. The van der Waals surface area contributed by atoms with Crippen LogP contribution in [-0.4, -0.2) is 10.9 Å². The van der Waals surface area contributed by atoms with E-state index in [1.54, 1.807) is 0 Å². The third-order valence-electron chi connectivity index (χ3n) is 3.51. The van der Waals surface area contributed by atoms with Crippen molar-refractivity contribution in [3.05, 3.63) is 45.7 Å². The summed E-state index contributed by atoms with van der Waals surface area (Å²) in [6.07, 6.45) is 0.906. The van der Waals surface area contributed by atoms with Crippen molar-refractivity contribution >= 4 is 43.6 Å². The second-order valence-corrected chi connectivity index (χ2v) is 5.49. The van der Waals surface area contributed by atoms with Gasteiger partial charge >= 0.3 is 0 Å². The lowest BCUT2D eigenvalue weighted by Gasteiger charge is -2.02. The molecule has 1 aromatic heterocycles. The molecule has 1 amide bonds. The molecule has 3 N–H and O–H groups in total. The van der Waals surface area contributed by atoms with E-state index in [9.17, 15) is 9.18 Å². The number of rotatable bonds is 2. The summed E-state index contributed by atoms with van der Waals surface area (Å²) in [6.45, 7) is 2.06. The molecule has 102 valence electrons. The quantitative estimate of drug-likeness (QED) is 0.733. The van der Waals surface area contributed by atoms with Crippen LogP contribution in [-0.2, 0) is 6.42 Å². The molecule has 0 fully saturated rings. The van der Waals surface area contributed by atoms with E-state index < -0.39 is 11.7 Å². The molecule has 3 nitrogen and oxygen atoms in total. The molecule has 0 aliphatic carbocycles. The summed E-state index contributed by atoms with van der Waals surface area (Å²) in [6, 6.07) is 7.09. The topological polar surface area (TPSA) is 58.9 Å². The molecule has 0 spiro atoms. The van der Waals surface area contributed by atoms with E-state index >= 15 is 0 Å². The van der Waals surface area contributed by atoms with E-state index in [1.165, 1.54) is 5.56 Å². The highest BCUT2D eigenvalue weighted by atomic mass is 79.9. The predicted molar refractivity (Wildman–Crippen MR) is 81.4 cm³/mol. The fourth-order valence-electron chi connectivity index (χ4n) is 2.47. The van der Waals surface area contributed by atoms with Crippen molar-refractivity contribution in [3.8, 4) is 0 Å². The molecular weight excluding hydrogens is 323 g/mol. The molecule has 2 aromatic carbocycles. The van der Waals surface area contributed by atoms with Gasteiger partial charge in [-0.2, -0.15) is 0 Å². The normalized spacial score (nSPS) is 11.3. The summed E-state index contributed by atoms with van der Waals surface area (Å²) in [7, 11) is 0. The molecule has 0 atom stereocenters. The van der Waals surface area contributed by atoms with Crippen molar-refractivity contribution in [2.45, 2.75) is 13.3 Å². The summed E-state index contributed by atoms with van der Waals surface area (Å²) in [4.78, 5) is 14.7. The standard InChI is InChI=1S/C15H12BrFN2O/c1-2-7-3-4-8-11(5-7)19-14-9(15(18)20)6-10(17)13(16)12(8)14/h3-6,19H,2H2,1H3,(H2,18,20). The lowest BCUT2D eigenvalue weighted by Crippen LogP contribution is -2.12. The van der Waals surface area contributed by atoms with Crippen LogP contribution in [0.15, 0.2) is 28.7 Å². The third-order valence-corrected chi connectivity index (χ3v) is 4.28. The molecule has 5 heteroatoms. The number of aryl methyl sites for hydroxylation is 1. The summed E-state index contributed by atoms with van der Waals surface area (Å²) in [5.41, 5.74) is 8.10. The van der Waals surface area contributed by atoms with Crippen LogP contribution in [0.25, 0.3) is 21.8 Å². The summed E-state index contributed by atoms with van der Waals surface area (Å²) >= 11 is 3.25. The lowest BCUT2D eigenvalue weighted by molar-refractivity contribution is 0.100. The number of primary amides is 1. The van der Waals surface area contributed by atoms with Crippen LogP contribution < -0.4 is 5.73 Å². The number of nitrogens with two attached hydrogens (primary N) is 1. The first kappa shape index (κ1) is 13.1. The van der Waals surface area contributed by atoms with Gasteiger partial charge in [-0.15, -0.1) is 0 Å². The number of nitrogens with one attached hydrogen (secondary N) is 1. The van der Waals surface area contributed by atoms with Crippen LogP contribution in [0.2, 0.25) is 0 Å². The number of aromatic nitrogens is 1. The average molecular weight is 335 g/mol. The van der Waals surface area contributed by atoms with Gasteiger partial charge in [0, 0.05) is 16.3 Å². The van der Waals surface area contributed by atoms with Gasteiger partial charge in [0.2, 0.25) is 0 Å². The maximum absolute atomic E-state index is 14.0. The minimum absolute atomic E-state index is 0.162. The van der Waals surface area contributed by atoms with E-state index in [2.05, 4.69) is 27.8 Å². The van der Waals surface area contributed by atoms with E-state index in [0.29, 0.717) is 15.4 Å². The zero-order valence-corrected chi connectivity index (χ0v) is 12.3. The van der Waals surface area contributed by atoms with E-state index in [1.807, 2.05) is 18.2 Å². The van der Waals surface area contributed by atoms with Crippen LogP contribution in [0.4, 0.5) is 4.39 Å². The summed E-state index contributed by atoms with van der Waals surface area (Å²) < 4.78 is 14.3. The second kappa shape index (κ2) is 4.59. The highest BCUT2D eigenvalue weighted by Crippen LogP contribution is 2.35. The highest BCUT2D eigenvalue weighted by Gasteiger charge is 2.18. The van der Waals surface area contributed by atoms with Crippen molar-refractivity contribution in [1.82, 2.24) is 4.98 Å². The Morgan fingerprint density at radius 2 is 2.15 bits per heavy atom. The molecule has 0 saturated heterocycles. The largest absolute Gasteiger partial charge is 0.366 e. The van der Waals surface area contributed by atoms with Crippen molar-refractivity contribution in [3.63, 3.8) is 0 Å². The molecular formula is C15H12BrFN2O. The minimum Gasteiger partial charge on any atom is -0.366 e. The van der Waals surface area contributed by atoms with Gasteiger partial charge in [-0.1, -0.05) is 19.1 Å². The Morgan fingerprint density at radius 1 is 1.40 bits per heavy atom. The van der Waals surface area contributed by atoms with Gasteiger partial charge in [0.15, 0.2) is 0 Å². The van der Waals surface area contributed by atoms with Gasteiger partial charge in [0.1, 0.15) is 5.82 Å². The Kier molecular flexibility index (Phi) is 3.01. The fourth-order valence-corrected chi connectivity index (χ4v) is 3.00. The van der Waals surface area contributed by atoms with Gasteiger partial charge < -0.3 is 10.7 Å². The molecule has 20 heavy (non-hydrogen) atoms. The number of aromatic amines is 1. The van der Waals surface area contributed by atoms with Crippen molar-refractivity contribution < 1.29 is 9.18 Å². The molecule has 0 saturated carbocycles. The molecule has 0 radical (unpaired) electrons. The fraction of sp³-hybridized carbons (Fsp3) is 0.133. The Labute approximate surface area is 123 Å². The number of carbonyl (C=O) groups excluding carboxylic acids is 1. The van der Waals surface area contributed by atoms with Gasteiger partial charge in [-0.25, -0.2) is 4.39 Å². The van der Waals surface area contributed by atoms with Crippen molar-refractivity contribution in [2.75, 3.05) is 0 Å². The van der Waals surface area contributed by atoms with Gasteiger partial charge in [-0.05, 0) is 40.0 Å². The van der Waals surface area contributed by atoms with Gasteiger partial charge in [0.25, 0.3) is 5.91 Å².